The van der Waals surface area contributed by atoms with Crippen molar-refractivity contribution >= 4 is 27.3 Å². The molecule has 69 heavy (non-hydrogen) atoms. The minimum atomic E-state index is -0.344. The Morgan fingerprint density at radius 1 is 0.464 bits per heavy atom. The van der Waals surface area contributed by atoms with Crippen LogP contribution in [0.4, 0.5) is 0 Å². The lowest BCUT2D eigenvalue weighted by Gasteiger charge is -2.45. The van der Waals surface area contributed by atoms with E-state index in [9.17, 15) is 0 Å². The molecule has 0 radical (unpaired) electrons. The van der Waals surface area contributed by atoms with Gasteiger partial charge in [0.15, 0.2) is 0 Å². The molecule has 6 heteroatoms. The van der Waals surface area contributed by atoms with Crippen molar-refractivity contribution in [2.75, 3.05) is 0 Å². The maximum Gasteiger partial charge on any atom is 0.145 e. The molecule has 0 atom stereocenters. The third-order valence-corrected chi connectivity index (χ3v) is 15.7. The van der Waals surface area contributed by atoms with Crippen LogP contribution in [0.5, 0.6) is 23.0 Å². The van der Waals surface area contributed by atoms with Gasteiger partial charge in [0.05, 0.1) is 17.4 Å². The van der Waals surface area contributed by atoms with E-state index in [1.54, 1.807) is 0 Å². The van der Waals surface area contributed by atoms with Gasteiger partial charge < -0.3 is 9.47 Å². The van der Waals surface area contributed by atoms with E-state index in [2.05, 4.69) is 216 Å². The number of benzene rings is 8. The molecule has 3 aromatic heterocycles. The van der Waals surface area contributed by atoms with E-state index in [-0.39, 0.29) is 16.2 Å². The second kappa shape index (κ2) is 14.9. The molecule has 5 heterocycles. The summed E-state index contributed by atoms with van der Waals surface area (Å²) in [6, 6.07) is 62.4. The van der Waals surface area contributed by atoms with Gasteiger partial charge in [0, 0.05) is 79.0 Å². The Bertz CT molecular complexity index is 3820. The van der Waals surface area contributed by atoms with Crippen LogP contribution in [-0.4, -0.2) is 19.2 Å². The largest absolute Gasteiger partial charge is 0.457 e. The summed E-state index contributed by atoms with van der Waals surface area (Å²) in [7, 11) is 0. The third kappa shape index (κ3) is 6.17. The van der Waals surface area contributed by atoms with E-state index in [1.165, 1.54) is 38.7 Å². The quantitative estimate of drug-likeness (QED) is 0.150. The molecule has 0 amide bonds. The number of pyridine rings is 1. The van der Waals surface area contributed by atoms with Gasteiger partial charge in [0.25, 0.3) is 0 Å². The van der Waals surface area contributed by atoms with Gasteiger partial charge >= 0.3 is 0 Å². The standard InChI is InChI=1S/C63H50N4O2/c1-61(2)54-27-14-23-48(43-32-41(39-17-9-7-10-18-39)31-42(33-43)40-19-11-8-12-20-40)58(54)69-59-49(24-15-28-55(59)61)44-36-65-66(38-44)45-21-13-22-46(34-45)68-47-29-30-50-51-25-16-26-53-57(51)67-56(63(5,6)62(53,3)4)37-64-60(67)52(50)35-47/h7-38H,1-6H3. The maximum absolute atomic E-state index is 7.22. The summed E-state index contributed by atoms with van der Waals surface area (Å²) in [4.78, 5) is 5.07. The second-order valence-corrected chi connectivity index (χ2v) is 20.4. The Hall–Kier alpha value is -8.22. The predicted octanol–water partition coefficient (Wildman–Crippen LogP) is 16.3. The molecule has 8 aromatic carbocycles. The number of fused-ring (bicyclic) bond motifs is 5. The highest BCUT2D eigenvalue weighted by atomic mass is 16.5. The number of hydrogen-bond donors (Lipinski definition) is 0. The average Bonchev–Trinajstić information content (AvgIpc) is 4.06. The van der Waals surface area contributed by atoms with Crippen LogP contribution in [0.25, 0.3) is 77.5 Å². The van der Waals surface area contributed by atoms with Crippen molar-refractivity contribution < 1.29 is 9.47 Å². The predicted molar refractivity (Wildman–Crippen MR) is 280 cm³/mol. The number of nitrogens with zero attached hydrogens (tertiary/aromatic N) is 4. The topological polar surface area (TPSA) is 53.6 Å². The smallest absolute Gasteiger partial charge is 0.145 e. The number of imidazole rings is 1. The first kappa shape index (κ1) is 41.0. The van der Waals surface area contributed by atoms with Gasteiger partial charge in [-0.25, -0.2) is 9.67 Å². The van der Waals surface area contributed by atoms with Crippen molar-refractivity contribution in [3.63, 3.8) is 0 Å². The molecule has 0 spiro atoms. The highest BCUT2D eigenvalue weighted by molar-refractivity contribution is 6.13. The van der Waals surface area contributed by atoms with E-state index < -0.39 is 0 Å². The molecule has 6 nitrogen and oxygen atoms in total. The van der Waals surface area contributed by atoms with Crippen LogP contribution >= 0.6 is 0 Å². The zero-order chi connectivity index (χ0) is 46.8. The van der Waals surface area contributed by atoms with E-state index in [0.29, 0.717) is 5.75 Å². The molecule has 0 saturated heterocycles. The van der Waals surface area contributed by atoms with Gasteiger partial charge in [-0.2, -0.15) is 5.10 Å². The monoisotopic (exact) mass is 894 g/mol. The number of rotatable bonds is 7. The van der Waals surface area contributed by atoms with Crippen molar-refractivity contribution in [2.24, 2.45) is 0 Å². The lowest BCUT2D eigenvalue weighted by molar-refractivity contribution is 0.288. The summed E-state index contributed by atoms with van der Waals surface area (Å²) in [6.07, 6.45) is 6.08. The average molecular weight is 895 g/mol. The van der Waals surface area contributed by atoms with Gasteiger partial charge in [0.2, 0.25) is 0 Å². The Labute approximate surface area is 402 Å². The highest BCUT2D eigenvalue weighted by Crippen LogP contribution is 2.55. The van der Waals surface area contributed by atoms with E-state index in [4.69, 9.17) is 19.6 Å². The first-order valence-electron chi connectivity index (χ1n) is 23.9. The first-order valence-corrected chi connectivity index (χ1v) is 23.9. The zero-order valence-electron chi connectivity index (χ0n) is 39.6. The molecular formula is C63H50N4O2. The zero-order valence-corrected chi connectivity index (χ0v) is 39.6. The van der Waals surface area contributed by atoms with Gasteiger partial charge in [-0.05, 0) is 87.3 Å². The fourth-order valence-corrected chi connectivity index (χ4v) is 11.2. The Morgan fingerprint density at radius 3 is 1.77 bits per heavy atom. The number of para-hydroxylation sites is 3. The van der Waals surface area contributed by atoms with E-state index in [0.717, 1.165) is 78.5 Å². The summed E-state index contributed by atoms with van der Waals surface area (Å²) in [5, 5.41) is 8.38. The second-order valence-electron chi connectivity index (χ2n) is 20.4. The van der Waals surface area contributed by atoms with Crippen LogP contribution in [0, 0.1) is 0 Å². The summed E-state index contributed by atoms with van der Waals surface area (Å²) in [6.45, 7) is 14.0. The SMILES string of the molecule is CC1(C)c2cccc(-c3cc(-c4ccccc4)cc(-c4ccccc4)c3)c2Oc2c(-c3cnn(-c4cccc(Oc5ccc6c(c5)c5ncc7n5c5c(cccc65)C(C)(C)C7(C)C)c4)c3)cccc21. The highest BCUT2D eigenvalue weighted by Gasteiger charge is 2.46. The normalized spacial score (nSPS) is 15.0. The van der Waals surface area contributed by atoms with Crippen LogP contribution in [0.2, 0.25) is 0 Å². The minimum Gasteiger partial charge on any atom is -0.457 e. The van der Waals surface area contributed by atoms with Crippen molar-refractivity contribution in [3.8, 4) is 73.2 Å². The number of ether oxygens (including phenoxy) is 2. The van der Waals surface area contributed by atoms with Crippen LogP contribution in [0.15, 0.2) is 195 Å². The van der Waals surface area contributed by atoms with E-state index in [1.807, 2.05) is 29.1 Å². The summed E-state index contributed by atoms with van der Waals surface area (Å²) >= 11 is 0. The van der Waals surface area contributed by atoms with Crippen molar-refractivity contribution in [3.05, 3.63) is 217 Å². The summed E-state index contributed by atoms with van der Waals surface area (Å²) in [5.74, 6) is 3.19. The summed E-state index contributed by atoms with van der Waals surface area (Å²) < 4.78 is 18.2. The lowest BCUT2D eigenvalue weighted by Crippen LogP contribution is -2.44. The van der Waals surface area contributed by atoms with Gasteiger partial charge in [-0.1, -0.05) is 163 Å². The third-order valence-electron chi connectivity index (χ3n) is 15.7. The molecule has 11 aromatic rings. The molecule has 0 unspecified atom stereocenters. The molecule has 0 fully saturated rings. The molecule has 0 N–H and O–H groups in total. The number of hydrogen-bond acceptors (Lipinski definition) is 4. The molecule has 0 aliphatic carbocycles. The summed E-state index contributed by atoms with van der Waals surface area (Å²) in [5.41, 5.74) is 16.2. The van der Waals surface area contributed by atoms with Crippen LogP contribution in [0.1, 0.15) is 63.9 Å². The molecular weight excluding hydrogens is 845 g/mol. The van der Waals surface area contributed by atoms with Crippen molar-refractivity contribution in [2.45, 2.75) is 57.8 Å². The van der Waals surface area contributed by atoms with Crippen molar-refractivity contribution in [1.29, 1.82) is 0 Å². The van der Waals surface area contributed by atoms with Crippen molar-refractivity contribution in [1.82, 2.24) is 19.2 Å². The Kier molecular flexibility index (Phi) is 8.85. The Morgan fingerprint density at radius 2 is 1.07 bits per heavy atom. The van der Waals surface area contributed by atoms with Crippen LogP contribution in [0.3, 0.4) is 0 Å². The number of aromatic nitrogens is 4. The molecule has 0 saturated carbocycles. The molecule has 2 aliphatic rings. The van der Waals surface area contributed by atoms with Gasteiger partial charge in [-0.15, -0.1) is 0 Å². The molecule has 334 valence electrons. The molecule has 2 aliphatic heterocycles. The first-order chi connectivity index (χ1) is 33.5. The fraction of sp³-hybridized carbons (Fsp3) is 0.143. The van der Waals surface area contributed by atoms with E-state index >= 15 is 0 Å². The molecule has 13 rings (SSSR count). The van der Waals surface area contributed by atoms with Crippen LogP contribution < -0.4 is 9.47 Å². The fourth-order valence-electron chi connectivity index (χ4n) is 11.2. The lowest BCUT2D eigenvalue weighted by atomic mass is 9.61. The maximum atomic E-state index is 7.22. The molecule has 0 bridgehead atoms. The van der Waals surface area contributed by atoms with Gasteiger partial charge in [-0.3, -0.25) is 4.40 Å². The van der Waals surface area contributed by atoms with Gasteiger partial charge in [0.1, 0.15) is 28.6 Å². The van der Waals surface area contributed by atoms with Crippen LogP contribution in [-0.2, 0) is 16.2 Å². The Balaban J connectivity index is 0.844. The minimum absolute atomic E-state index is 0.0704.